The molecule has 1 heterocycles. The maximum absolute atomic E-state index is 12.9. The van der Waals surface area contributed by atoms with E-state index < -0.39 is 0 Å². The SMILES string of the molecule is C[C@H](NC(=O)CC12CC3CC(CC(Br)(C3)C1)C2)c1nc2ccccc2[nH]1. The number of amides is 1. The van der Waals surface area contributed by atoms with Crippen LogP contribution in [0.5, 0.6) is 0 Å². The number of nitrogens with zero attached hydrogens (tertiary/aromatic N) is 1. The number of aromatic amines is 1. The topological polar surface area (TPSA) is 57.8 Å². The van der Waals surface area contributed by atoms with Crippen LogP contribution in [0.15, 0.2) is 24.3 Å². The number of halogens is 1. The van der Waals surface area contributed by atoms with Crippen molar-refractivity contribution in [3.05, 3.63) is 30.1 Å². The minimum Gasteiger partial charge on any atom is -0.346 e. The van der Waals surface area contributed by atoms with Gasteiger partial charge in [0.1, 0.15) is 5.82 Å². The lowest BCUT2D eigenvalue weighted by molar-refractivity contribution is -0.128. The van der Waals surface area contributed by atoms with Crippen molar-refractivity contribution in [3.8, 4) is 0 Å². The van der Waals surface area contributed by atoms with Crippen molar-refractivity contribution in [1.82, 2.24) is 15.3 Å². The van der Waals surface area contributed by atoms with E-state index in [2.05, 4.69) is 31.2 Å². The number of para-hydroxylation sites is 2. The number of hydrogen-bond donors (Lipinski definition) is 2. The maximum Gasteiger partial charge on any atom is 0.221 e. The van der Waals surface area contributed by atoms with Crippen molar-refractivity contribution in [2.24, 2.45) is 17.3 Å². The highest BCUT2D eigenvalue weighted by Crippen LogP contribution is 2.65. The average molecular weight is 416 g/mol. The molecule has 0 radical (unpaired) electrons. The number of carbonyl (C=O) groups is 1. The summed E-state index contributed by atoms with van der Waals surface area (Å²) in [6.07, 6.45) is 8.31. The Kier molecular flexibility index (Phi) is 3.76. The van der Waals surface area contributed by atoms with E-state index in [1.807, 2.05) is 31.2 Å². The van der Waals surface area contributed by atoms with E-state index in [9.17, 15) is 4.79 Å². The molecule has 0 aliphatic heterocycles. The molecule has 0 saturated heterocycles. The Morgan fingerprint density at radius 2 is 2.04 bits per heavy atom. The van der Waals surface area contributed by atoms with Crippen LogP contribution < -0.4 is 5.32 Å². The van der Waals surface area contributed by atoms with Gasteiger partial charge in [-0.3, -0.25) is 4.79 Å². The third-order valence-electron chi connectivity index (χ3n) is 6.84. The quantitative estimate of drug-likeness (QED) is 0.700. The Bertz CT molecular complexity index is 813. The van der Waals surface area contributed by atoms with E-state index in [1.165, 1.54) is 38.5 Å². The van der Waals surface area contributed by atoms with Crippen LogP contribution in [-0.4, -0.2) is 20.2 Å². The Morgan fingerprint density at radius 1 is 1.31 bits per heavy atom. The van der Waals surface area contributed by atoms with Crippen LogP contribution in [0.25, 0.3) is 11.0 Å². The van der Waals surface area contributed by atoms with Gasteiger partial charge in [-0.05, 0) is 74.8 Å². The predicted octanol–water partition coefficient (Wildman–Crippen LogP) is 4.86. The standard InChI is InChI=1S/C21H26BrN3O/c1-13(19-24-16-4-2-3-5-17(16)25-19)23-18(26)11-20-7-14-6-15(8-20)10-21(22,9-14)12-20/h2-5,13-15H,6-12H2,1H3,(H,23,26)(H,24,25)/t13-,14?,15?,20?,21?/m0/s1. The normalized spacial score (nSPS) is 36.4. The number of fused-ring (bicyclic) bond motifs is 1. The Balaban J connectivity index is 1.28. The third kappa shape index (κ3) is 2.88. The highest BCUT2D eigenvalue weighted by Gasteiger charge is 2.57. The molecule has 4 nitrogen and oxygen atoms in total. The van der Waals surface area contributed by atoms with E-state index in [1.54, 1.807) is 0 Å². The molecule has 4 aliphatic rings. The maximum atomic E-state index is 12.9. The van der Waals surface area contributed by atoms with Crippen LogP contribution in [0.2, 0.25) is 0 Å². The van der Waals surface area contributed by atoms with Crippen LogP contribution in [-0.2, 0) is 4.79 Å². The first kappa shape index (κ1) is 16.8. The van der Waals surface area contributed by atoms with E-state index in [4.69, 9.17) is 0 Å². The highest BCUT2D eigenvalue weighted by molar-refractivity contribution is 9.10. The van der Waals surface area contributed by atoms with Crippen LogP contribution >= 0.6 is 15.9 Å². The fourth-order valence-corrected chi connectivity index (χ4v) is 7.93. The number of H-pyrrole nitrogens is 1. The zero-order valence-electron chi connectivity index (χ0n) is 15.2. The van der Waals surface area contributed by atoms with Gasteiger partial charge < -0.3 is 10.3 Å². The van der Waals surface area contributed by atoms with Crippen molar-refractivity contribution < 1.29 is 4.79 Å². The molecule has 4 saturated carbocycles. The van der Waals surface area contributed by atoms with Gasteiger partial charge in [-0.15, -0.1) is 0 Å². The molecule has 4 bridgehead atoms. The summed E-state index contributed by atoms with van der Waals surface area (Å²) < 4.78 is 0.307. The summed E-state index contributed by atoms with van der Waals surface area (Å²) in [6.45, 7) is 2.02. The summed E-state index contributed by atoms with van der Waals surface area (Å²) in [7, 11) is 0. The molecular formula is C21H26BrN3O. The van der Waals surface area contributed by atoms with Crippen molar-refractivity contribution in [2.75, 3.05) is 0 Å². The lowest BCUT2D eigenvalue weighted by atomic mass is 9.48. The number of imidazole rings is 1. The zero-order chi connectivity index (χ0) is 17.9. The molecule has 0 spiro atoms. The van der Waals surface area contributed by atoms with Crippen LogP contribution in [0.1, 0.15) is 63.7 Å². The number of nitrogens with one attached hydrogen (secondary N) is 2. The molecule has 5 heteroatoms. The Labute approximate surface area is 162 Å². The second-order valence-corrected chi connectivity index (χ2v) is 10.9. The second-order valence-electron chi connectivity index (χ2n) is 9.22. The van der Waals surface area contributed by atoms with Gasteiger partial charge in [-0.25, -0.2) is 4.98 Å². The molecule has 4 aliphatic carbocycles. The molecule has 2 aromatic rings. The second kappa shape index (κ2) is 5.82. The van der Waals surface area contributed by atoms with Crippen LogP contribution in [0, 0.1) is 17.3 Å². The zero-order valence-corrected chi connectivity index (χ0v) is 16.8. The number of aromatic nitrogens is 2. The summed E-state index contributed by atoms with van der Waals surface area (Å²) in [6, 6.07) is 7.90. The van der Waals surface area contributed by atoms with Crippen LogP contribution in [0.3, 0.4) is 0 Å². The van der Waals surface area contributed by atoms with E-state index in [-0.39, 0.29) is 17.4 Å². The third-order valence-corrected chi connectivity index (χ3v) is 7.77. The van der Waals surface area contributed by atoms with Gasteiger partial charge in [-0.1, -0.05) is 28.1 Å². The number of alkyl halides is 1. The number of carbonyl (C=O) groups excluding carboxylic acids is 1. The van der Waals surface area contributed by atoms with Gasteiger partial charge in [0.2, 0.25) is 5.91 Å². The Morgan fingerprint density at radius 3 is 2.73 bits per heavy atom. The molecule has 1 aromatic heterocycles. The fourth-order valence-electron chi connectivity index (χ4n) is 6.42. The first-order valence-electron chi connectivity index (χ1n) is 9.85. The minimum absolute atomic E-state index is 0.0956. The Hall–Kier alpha value is -1.36. The lowest BCUT2D eigenvalue weighted by Gasteiger charge is -2.60. The minimum atomic E-state index is -0.0956. The predicted molar refractivity (Wildman–Crippen MR) is 106 cm³/mol. The van der Waals surface area contributed by atoms with Crippen molar-refractivity contribution in [2.45, 2.75) is 62.2 Å². The van der Waals surface area contributed by atoms with Gasteiger partial charge in [0.15, 0.2) is 0 Å². The van der Waals surface area contributed by atoms with E-state index in [0.29, 0.717) is 10.7 Å². The van der Waals surface area contributed by atoms with Crippen molar-refractivity contribution in [1.29, 1.82) is 0 Å². The monoisotopic (exact) mass is 415 g/mol. The summed E-state index contributed by atoms with van der Waals surface area (Å²) in [4.78, 5) is 20.8. The number of benzene rings is 1. The summed E-state index contributed by atoms with van der Waals surface area (Å²) in [5.41, 5.74) is 2.18. The number of hydrogen-bond acceptors (Lipinski definition) is 2. The summed E-state index contributed by atoms with van der Waals surface area (Å²) in [5.74, 6) is 2.64. The van der Waals surface area contributed by atoms with E-state index >= 15 is 0 Å². The smallest absolute Gasteiger partial charge is 0.221 e. The molecule has 1 amide bonds. The molecule has 6 rings (SSSR count). The molecule has 3 atom stereocenters. The number of rotatable bonds is 4. The molecule has 2 N–H and O–H groups in total. The van der Waals surface area contributed by atoms with Crippen molar-refractivity contribution in [3.63, 3.8) is 0 Å². The van der Waals surface area contributed by atoms with Gasteiger partial charge in [0, 0.05) is 10.7 Å². The lowest BCUT2D eigenvalue weighted by Crippen LogP contribution is -2.54. The van der Waals surface area contributed by atoms with Crippen LogP contribution in [0.4, 0.5) is 0 Å². The van der Waals surface area contributed by atoms with Gasteiger partial charge in [0.25, 0.3) is 0 Å². The first-order valence-corrected chi connectivity index (χ1v) is 10.6. The van der Waals surface area contributed by atoms with Crippen molar-refractivity contribution >= 4 is 32.9 Å². The van der Waals surface area contributed by atoms with Gasteiger partial charge in [-0.2, -0.15) is 0 Å². The van der Waals surface area contributed by atoms with Gasteiger partial charge >= 0.3 is 0 Å². The summed E-state index contributed by atoms with van der Waals surface area (Å²) in [5, 5.41) is 3.20. The molecular weight excluding hydrogens is 390 g/mol. The molecule has 2 unspecified atom stereocenters. The average Bonchev–Trinajstić information content (AvgIpc) is 2.95. The van der Waals surface area contributed by atoms with Gasteiger partial charge in [0.05, 0.1) is 17.1 Å². The van der Waals surface area contributed by atoms with E-state index in [0.717, 1.165) is 28.7 Å². The molecule has 26 heavy (non-hydrogen) atoms. The highest BCUT2D eigenvalue weighted by atomic mass is 79.9. The molecule has 4 fully saturated rings. The summed E-state index contributed by atoms with van der Waals surface area (Å²) >= 11 is 4.04. The first-order chi connectivity index (χ1) is 12.4. The molecule has 138 valence electrons. The fraction of sp³-hybridized carbons (Fsp3) is 0.619. The largest absolute Gasteiger partial charge is 0.346 e. The molecule has 1 aromatic carbocycles.